The molecular weight excluding hydrogens is 404 g/mol. The maximum atomic E-state index is 12.9. The van der Waals surface area contributed by atoms with E-state index < -0.39 is 23.2 Å². The van der Waals surface area contributed by atoms with Gasteiger partial charge >= 0.3 is 11.9 Å². The number of alkyl halides is 1. The first-order valence-electron chi connectivity index (χ1n) is 8.17. The molecule has 0 saturated carbocycles. The standard InChI is InChI=1S/C18H17BrN2O5/c1-25-18(24)13-14(26-17(23)11-7-3-2-4-8-11)16(22)21-10-6-5-9-12(19)15(21)20-13/h2-4,7-8,12H,5-6,9-10H2,1H3. The minimum atomic E-state index is -0.828. The molecule has 0 saturated heterocycles. The Morgan fingerprint density at radius 2 is 1.92 bits per heavy atom. The molecule has 1 unspecified atom stereocenters. The molecule has 1 aromatic carbocycles. The van der Waals surface area contributed by atoms with Gasteiger partial charge in [0.25, 0.3) is 5.56 Å². The molecule has 1 aliphatic rings. The van der Waals surface area contributed by atoms with Crippen molar-refractivity contribution in [2.45, 2.75) is 30.6 Å². The van der Waals surface area contributed by atoms with Crippen LogP contribution in [0.2, 0.25) is 0 Å². The second kappa shape index (κ2) is 7.82. The van der Waals surface area contributed by atoms with E-state index >= 15 is 0 Å². The minimum absolute atomic E-state index is 0.167. The number of fused-ring (bicyclic) bond motifs is 1. The topological polar surface area (TPSA) is 87.5 Å². The molecule has 2 aromatic rings. The van der Waals surface area contributed by atoms with E-state index in [0.717, 1.165) is 19.3 Å². The van der Waals surface area contributed by atoms with Gasteiger partial charge in [0, 0.05) is 6.54 Å². The molecule has 0 bridgehead atoms. The Labute approximate surface area is 158 Å². The molecule has 7 nitrogen and oxygen atoms in total. The van der Waals surface area contributed by atoms with Crippen molar-refractivity contribution in [3.8, 4) is 5.75 Å². The Kier molecular flexibility index (Phi) is 5.51. The largest absolute Gasteiger partial charge is 0.464 e. The zero-order valence-corrected chi connectivity index (χ0v) is 15.7. The molecule has 8 heteroatoms. The third kappa shape index (κ3) is 3.55. The van der Waals surface area contributed by atoms with Crippen LogP contribution >= 0.6 is 15.9 Å². The molecule has 0 fully saturated rings. The second-order valence-corrected chi connectivity index (χ2v) is 6.92. The SMILES string of the molecule is COC(=O)c1nc2n(c(=O)c1OC(=O)c1ccccc1)CCCCC2Br. The first kappa shape index (κ1) is 18.3. The van der Waals surface area contributed by atoms with Crippen LogP contribution in [0.5, 0.6) is 5.75 Å². The van der Waals surface area contributed by atoms with Gasteiger partial charge in [0.1, 0.15) is 5.82 Å². The van der Waals surface area contributed by atoms with Gasteiger partial charge in [0.05, 0.1) is 17.5 Å². The lowest BCUT2D eigenvalue weighted by Crippen LogP contribution is -2.31. The summed E-state index contributed by atoms with van der Waals surface area (Å²) in [6, 6.07) is 8.22. The molecule has 0 radical (unpaired) electrons. The van der Waals surface area contributed by atoms with Gasteiger partial charge in [-0.25, -0.2) is 14.6 Å². The van der Waals surface area contributed by atoms with Gasteiger partial charge in [-0.3, -0.25) is 9.36 Å². The van der Waals surface area contributed by atoms with Crippen molar-refractivity contribution >= 4 is 27.9 Å². The van der Waals surface area contributed by atoms with Crippen LogP contribution in [0.25, 0.3) is 0 Å². The molecule has 2 heterocycles. The van der Waals surface area contributed by atoms with Crippen LogP contribution < -0.4 is 10.3 Å². The normalized spacial score (nSPS) is 16.3. The Bertz CT molecular complexity index is 894. The number of rotatable bonds is 3. The molecule has 0 N–H and O–H groups in total. The number of hydrogen-bond donors (Lipinski definition) is 0. The summed E-state index contributed by atoms with van der Waals surface area (Å²) < 4.78 is 11.4. The Balaban J connectivity index is 2.11. The number of methoxy groups -OCH3 is 1. The number of carbonyl (C=O) groups excluding carboxylic acids is 2. The van der Waals surface area contributed by atoms with Gasteiger partial charge in [0.2, 0.25) is 5.75 Å². The minimum Gasteiger partial charge on any atom is -0.464 e. The fourth-order valence-electron chi connectivity index (χ4n) is 2.78. The van der Waals surface area contributed by atoms with Crippen molar-refractivity contribution in [2.24, 2.45) is 0 Å². The van der Waals surface area contributed by atoms with Crippen molar-refractivity contribution < 1.29 is 19.1 Å². The Morgan fingerprint density at radius 1 is 1.19 bits per heavy atom. The lowest BCUT2D eigenvalue weighted by Gasteiger charge is -2.16. The second-order valence-electron chi connectivity index (χ2n) is 5.81. The maximum absolute atomic E-state index is 12.9. The van der Waals surface area contributed by atoms with Gasteiger partial charge in [-0.1, -0.05) is 40.5 Å². The van der Waals surface area contributed by atoms with Gasteiger partial charge in [-0.15, -0.1) is 0 Å². The number of nitrogens with zero attached hydrogens (tertiary/aromatic N) is 2. The lowest BCUT2D eigenvalue weighted by molar-refractivity contribution is 0.0583. The number of ether oxygens (including phenoxy) is 2. The molecule has 1 aliphatic heterocycles. The van der Waals surface area contributed by atoms with Gasteiger partial charge in [-0.2, -0.15) is 0 Å². The summed E-state index contributed by atoms with van der Waals surface area (Å²) in [5.74, 6) is -1.53. The first-order chi connectivity index (χ1) is 12.5. The maximum Gasteiger partial charge on any atom is 0.360 e. The highest BCUT2D eigenvalue weighted by molar-refractivity contribution is 9.09. The monoisotopic (exact) mass is 420 g/mol. The number of benzene rings is 1. The summed E-state index contributed by atoms with van der Waals surface area (Å²) in [5.41, 5.74) is -0.591. The van der Waals surface area contributed by atoms with Gasteiger partial charge < -0.3 is 9.47 Å². The summed E-state index contributed by atoms with van der Waals surface area (Å²) in [6.07, 6.45) is 2.49. The smallest absolute Gasteiger partial charge is 0.360 e. The predicted molar refractivity (Wildman–Crippen MR) is 96.8 cm³/mol. The summed E-state index contributed by atoms with van der Waals surface area (Å²) >= 11 is 3.51. The molecule has 1 aromatic heterocycles. The van der Waals surface area contributed by atoms with E-state index in [0.29, 0.717) is 12.4 Å². The fourth-order valence-corrected chi connectivity index (χ4v) is 3.46. The third-order valence-corrected chi connectivity index (χ3v) is 4.98. The van der Waals surface area contributed by atoms with Crippen molar-refractivity contribution in [3.05, 3.63) is 57.8 Å². The van der Waals surface area contributed by atoms with Gasteiger partial charge in [-0.05, 0) is 25.0 Å². The summed E-state index contributed by atoms with van der Waals surface area (Å²) in [6.45, 7) is 0.445. The van der Waals surface area contributed by atoms with Crippen LogP contribution in [0.4, 0.5) is 0 Å². The van der Waals surface area contributed by atoms with Crippen LogP contribution in [0.15, 0.2) is 35.1 Å². The van der Waals surface area contributed by atoms with Crippen LogP contribution in [0.1, 0.15) is 50.8 Å². The first-order valence-corrected chi connectivity index (χ1v) is 9.09. The third-order valence-electron chi connectivity index (χ3n) is 4.11. The highest BCUT2D eigenvalue weighted by atomic mass is 79.9. The van der Waals surface area contributed by atoms with E-state index in [2.05, 4.69) is 20.9 Å². The number of aromatic nitrogens is 2. The molecular formula is C18H17BrN2O5. The molecule has 136 valence electrons. The van der Waals surface area contributed by atoms with Crippen molar-refractivity contribution in [3.63, 3.8) is 0 Å². The van der Waals surface area contributed by atoms with Crippen molar-refractivity contribution in [2.75, 3.05) is 7.11 Å². The highest BCUT2D eigenvalue weighted by Gasteiger charge is 2.29. The van der Waals surface area contributed by atoms with Crippen LogP contribution in [-0.2, 0) is 11.3 Å². The van der Waals surface area contributed by atoms with E-state index in [1.54, 1.807) is 30.3 Å². The molecule has 0 aliphatic carbocycles. The zero-order valence-electron chi connectivity index (χ0n) is 14.1. The van der Waals surface area contributed by atoms with E-state index in [4.69, 9.17) is 9.47 Å². The van der Waals surface area contributed by atoms with E-state index in [-0.39, 0.29) is 16.1 Å². The Hall–Kier alpha value is -2.48. The van der Waals surface area contributed by atoms with E-state index in [1.165, 1.54) is 11.7 Å². The molecule has 1 atom stereocenters. The zero-order chi connectivity index (χ0) is 18.7. The number of hydrogen-bond acceptors (Lipinski definition) is 6. The van der Waals surface area contributed by atoms with Crippen molar-refractivity contribution in [1.29, 1.82) is 0 Å². The average molecular weight is 421 g/mol. The summed E-state index contributed by atoms with van der Waals surface area (Å²) in [4.78, 5) is 41.6. The molecule has 3 rings (SSSR count). The summed E-state index contributed by atoms with van der Waals surface area (Å²) in [7, 11) is 1.18. The lowest BCUT2D eigenvalue weighted by atomic mass is 10.2. The van der Waals surface area contributed by atoms with Crippen LogP contribution in [-0.4, -0.2) is 28.6 Å². The average Bonchev–Trinajstić information content (AvgIpc) is 2.85. The predicted octanol–water partition coefficient (Wildman–Crippen LogP) is 2.87. The van der Waals surface area contributed by atoms with Gasteiger partial charge in [0.15, 0.2) is 5.69 Å². The Morgan fingerprint density at radius 3 is 2.62 bits per heavy atom. The van der Waals surface area contributed by atoms with Crippen LogP contribution in [0, 0.1) is 0 Å². The molecule has 26 heavy (non-hydrogen) atoms. The van der Waals surface area contributed by atoms with E-state index in [1.807, 2.05) is 0 Å². The molecule has 0 spiro atoms. The number of esters is 2. The fraction of sp³-hybridized carbons (Fsp3) is 0.333. The highest BCUT2D eigenvalue weighted by Crippen LogP contribution is 2.31. The van der Waals surface area contributed by atoms with Crippen LogP contribution in [0.3, 0.4) is 0 Å². The quantitative estimate of drug-likeness (QED) is 0.560. The van der Waals surface area contributed by atoms with Crippen molar-refractivity contribution in [1.82, 2.24) is 9.55 Å². The number of carbonyl (C=O) groups is 2. The number of halogens is 1. The summed E-state index contributed by atoms with van der Waals surface area (Å²) in [5, 5.41) is 0. The van der Waals surface area contributed by atoms with E-state index in [9.17, 15) is 14.4 Å². The molecule has 0 amide bonds.